The number of hydrogen-bond acceptors (Lipinski definition) is 4. The van der Waals surface area contributed by atoms with Gasteiger partial charge in [-0.1, -0.05) is 24.3 Å². The first-order valence-corrected chi connectivity index (χ1v) is 7.28. The van der Waals surface area contributed by atoms with E-state index in [9.17, 15) is 9.59 Å². The average Bonchev–Trinajstić information content (AvgIpc) is 2.54. The molecule has 2 rings (SSSR count). The number of thiocarbonyl (C=S) groups is 1. The maximum Gasteiger partial charge on any atom is 0.261 e. The summed E-state index contributed by atoms with van der Waals surface area (Å²) in [5, 5.41) is 5.61. The van der Waals surface area contributed by atoms with Gasteiger partial charge < -0.3 is 10.1 Å². The van der Waals surface area contributed by atoms with Crippen molar-refractivity contribution in [1.82, 2.24) is 5.32 Å². The lowest BCUT2D eigenvalue weighted by atomic mass is 10.1. The highest BCUT2D eigenvalue weighted by atomic mass is 32.1. The van der Waals surface area contributed by atoms with Gasteiger partial charge in [0.1, 0.15) is 5.75 Å². The molecule has 0 spiro atoms. The van der Waals surface area contributed by atoms with Crippen molar-refractivity contribution in [2.45, 2.75) is 6.92 Å². The summed E-state index contributed by atoms with van der Waals surface area (Å²) in [6.07, 6.45) is 0. The zero-order chi connectivity index (χ0) is 16.8. The van der Waals surface area contributed by atoms with Gasteiger partial charge in [0.2, 0.25) is 0 Å². The summed E-state index contributed by atoms with van der Waals surface area (Å²) in [4.78, 5) is 23.6. The minimum absolute atomic E-state index is 0.0439. The van der Waals surface area contributed by atoms with Crippen molar-refractivity contribution in [1.29, 1.82) is 0 Å². The number of amides is 1. The van der Waals surface area contributed by atoms with Crippen LogP contribution < -0.4 is 15.4 Å². The predicted octanol–water partition coefficient (Wildman–Crippen LogP) is 3.02. The van der Waals surface area contributed by atoms with Gasteiger partial charge in [-0.05, 0) is 43.4 Å². The second-order valence-corrected chi connectivity index (χ2v) is 5.15. The summed E-state index contributed by atoms with van der Waals surface area (Å²) in [5.41, 5.74) is 1.58. The standard InChI is InChI=1S/C17H16N2O3S/c1-11(20)12-6-5-7-13(10-12)18-17(23)19-16(21)14-8-3-4-9-15(14)22-2/h3-10H,1-2H3,(H2,18,19,21,23). The van der Waals surface area contributed by atoms with Crippen LogP contribution in [-0.4, -0.2) is 23.9 Å². The van der Waals surface area contributed by atoms with Crippen molar-refractivity contribution in [3.8, 4) is 5.75 Å². The van der Waals surface area contributed by atoms with Gasteiger partial charge in [0, 0.05) is 11.3 Å². The molecule has 5 nitrogen and oxygen atoms in total. The molecule has 2 aromatic carbocycles. The van der Waals surface area contributed by atoms with Gasteiger partial charge in [0.05, 0.1) is 12.7 Å². The Bertz CT molecular complexity index is 759. The minimum Gasteiger partial charge on any atom is -0.496 e. The van der Waals surface area contributed by atoms with Crippen LogP contribution in [-0.2, 0) is 0 Å². The summed E-state index contributed by atoms with van der Waals surface area (Å²) < 4.78 is 5.15. The summed E-state index contributed by atoms with van der Waals surface area (Å²) in [6, 6.07) is 13.7. The number of methoxy groups -OCH3 is 1. The van der Waals surface area contributed by atoms with Crippen LogP contribution in [0.25, 0.3) is 0 Å². The monoisotopic (exact) mass is 328 g/mol. The molecule has 1 amide bonds. The van der Waals surface area contributed by atoms with Gasteiger partial charge in [-0.2, -0.15) is 0 Å². The molecule has 23 heavy (non-hydrogen) atoms. The summed E-state index contributed by atoms with van der Waals surface area (Å²) in [6.45, 7) is 1.49. The van der Waals surface area contributed by atoms with Crippen molar-refractivity contribution >= 4 is 34.7 Å². The SMILES string of the molecule is COc1ccccc1C(=O)NC(=S)Nc1cccc(C(C)=O)c1. The van der Waals surface area contributed by atoms with E-state index in [0.717, 1.165) is 0 Å². The van der Waals surface area contributed by atoms with Crippen molar-refractivity contribution in [3.63, 3.8) is 0 Å². The van der Waals surface area contributed by atoms with Crippen molar-refractivity contribution < 1.29 is 14.3 Å². The fourth-order valence-corrected chi connectivity index (χ4v) is 2.19. The minimum atomic E-state index is -0.373. The Morgan fingerprint density at radius 2 is 1.83 bits per heavy atom. The van der Waals surface area contributed by atoms with E-state index in [1.165, 1.54) is 14.0 Å². The van der Waals surface area contributed by atoms with Crippen LogP contribution >= 0.6 is 12.2 Å². The maximum absolute atomic E-state index is 12.2. The highest BCUT2D eigenvalue weighted by Gasteiger charge is 2.13. The average molecular weight is 328 g/mol. The summed E-state index contributed by atoms with van der Waals surface area (Å²) >= 11 is 5.13. The molecule has 0 atom stereocenters. The van der Waals surface area contributed by atoms with Crippen LogP contribution in [0.4, 0.5) is 5.69 Å². The van der Waals surface area contributed by atoms with Crippen LogP contribution in [0.15, 0.2) is 48.5 Å². The van der Waals surface area contributed by atoms with Crippen LogP contribution in [0.3, 0.4) is 0 Å². The highest BCUT2D eigenvalue weighted by molar-refractivity contribution is 7.80. The van der Waals surface area contributed by atoms with E-state index in [-0.39, 0.29) is 16.8 Å². The lowest BCUT2D eigenvalue weighted by molar-refractivity contribution is 0.0973. The number of nitrogens with one attached hydrogen (secondary N) is 2. The molecular formula is C17H16N2O3S. The molecule has 2 aromatic rings. The number of ketones is 1. The third-order valence-electron chi connectivity index (χ3n) is 3.11. The fraction of sp³-hybridized carbons (Fsp3) is 0.118. The first-order valence-electron chi connectivity index (χ1n) is 6.87. The molecule has 0 aliphatic heterocycles. The van der Waals surface area contributed by atoms with Gasteiger partial charge in [0.15, 0.2) is 10.9 Å². The third kappa shape index (κ3) is 4.37. The molecule has 0 bridgehead atoms. The number of para-hydroxylation sites is 1. The Labute approximate surface area is 139 Å². The van der Waals surface area contributed by atoms with E-state index in [2.05, 4.69) is 10.6 Å². The normalized spacial score (nSPS) is 9.83. The Morgan fingerprint density at radius 3 is 2.52 bits per heavy atom. The fourth-order valence-electron chi connectivity index (χ4n) is 1.98. The molecule has 118 valence electrons. The molecule has 0 fully saturated rings. The third-order valence-corrected chi connectivity index (χ3v) is 3.31. The van der Waals surface area contributed by atoms with Crippen molar-refractivity contribution in [2.75, 3.05) is 12.4 Å². The molecule has 0 aliphatic carbocycles. The first kappa shape index (κ1) is 16.6. The summed E-state index contributed by atoms with van der Waals surface area (Å²) in [5.74, 6) is 0.0478. The number of benzene rings is 2. The second kappa shape index (κ2) is 7.51. The molecule has 0 heterocycles. The Kier molecular flexibility index (Phi) is 5.43. The zero-order valence-electron chi connectivity index (χ0n) is 12.8. The van der Waals surface area contributed by atoms with Gasteiger partial charge in [0.25, 0.3) is 5.91 Å². The molecule has 0 aliphatic rings. The number of hydrogen-bond donors (Lipinski definition) is 2. The number of ether oxygens (including phenoxy) is 1. The molecule has 0 unspecified atom stereocenters. The highest BCUT2D eigenvalue weighted by Crippen LogP contribution is 2.17. The van der Waals surface area contributed by atoms with E-state index in [0.29, 0.717) is 22.6 Å². The maximum atomic E-state index is 12.2. The first-order chi connectivity index (χ1) is 11.0. The Hall–Kier alpha value is -2.73. The molecule has 0 aromatic heterocycles. The predicted molar refractivity (Wildman–Crippen MR) is 93.1 cm³/mol. The van der Waals surface area contributed by atoms with Gasteiger partial charge in [-0.3, -0.25) is 14.9 Å². The van der Waals surface area contributed by atoms with Crippen molar-refractivity contribution in [2.24, 2.45) is 0 Å². The quantitative estimate of drug-likeness (QED) is 0.667. The van der Waals surface area contributed by atoms with Crippen LogP contribution in [0.5, 0.6) is 5.75 Å². The van der Waals surface area contributed by atoms with Crippen LogP contribution in [0.1, 0.15) is 27.6 Å². The van der Waals surface area contributed by atoms with E-state index >= 15 is 0 Å². The Balaban J connectivity index is 2.06. The largest absolute Gasteiger partial charge is 0.496 e. The van der Waals surface area contributed by atoms with Gasteiger partial charge >= 0.3 is 0 Å². The zero-order valence-corrected chi connectivity index (χ0v) is 13.6. The lowest BCUT2D eigenvalue weighted by Gasteiger charge is -2.12. The molecule has 0 radical (unpaired) electrons. The van der Waals surface area contributed by atoms with Crippen molar-refractivity contribution in [3.05, 3.63) is 59.7 Å². The number of rotatable bonds is 4. The molecule has 2 N–H and O–H groups in total. The second-order valence-electron chi connectivity index (χ2n) is 4.75. The molecule has 0 saturated carbocycles. The summed E-state index contributed by atoms with van der Waals surface area (Å²) in [7, 11) is 1.50. The van der Waals surface area contributed by atoms with Crippen LogP contribution in [0, 0.1) is 0 Å². The number of Topliss-reactive ketones (excluding diaryl/α,β-unsaturated/α-hetero) is 1. The Morgan fingerprint density at radius 1 is 1.09 bits per heavy atom. The number of anilines is 1. The lowest BCUT2D eigenvalue weighted by Crippen LogP contribution is -2.34. The van der Waals surface area contributed by atoms with E-state index in [1.54, 1.807) is 48.5 Å². The van der Waals surface area contributed by atoms with E-state index in [4.69, 9.17) is 17.0 Å². The molecule has 0 saturated heterocycles. The number of carbonyl (C=O) groups is 2. The molecular weight excluding hydrogens is 312 g/mol. The molecule has 6 heteroatoms. The smallest absolute Gasteiger partial charge is 0.261 e. The van der Waals surface area contributed by atoms with E-state index < -0.39 is 0 Å². The topological polar surface area (TPSA) is 67.4 Å². The van der Waals surface area contributed by atoms with E-state index in [1.807, 2.05) is 0 Å². The number of carbonyl (C=O) groups excluding carboxylic acids is 2. The van der Waals surface area contributed by atoms with Gasteiger partial charge in [-0.25, -0.2) is 0 Å². The van der Waals surface area contributed by atoms with Crippen LogP contribution in [0.2, 0.25) is 0 Å². The van der Waals surface area contributed by atoms with Gasteiger partial charge in [-0.15, -0.1) is 0 Å².